The van der Waals surface area contributed by atoms with Crippen LogP contribution >= 0.6 is 0 Å². The number of hydrogen-bond acceptors (Lipinski definition) is 2. The van der Waals surface area contributed by atoms with E-state index in [4.69, 9.17) is 5.73 Å². The zero-order valence-corrected chi connectivity index (χ0v) is 11.0. The first-order valence-corrected chi connectivity index (χ1v) is 6.09. The standard InChI is InChI=1S/C14H24N2/c1-5-6-13(10-15)16(4)14-8-11(2)7-12(3)9-14/h7-9,13H,5-6,10,15H2,1-4H3. The number of benzene rings is 1. The van der Waals surface area contributed by atoms with Gasteiger partial charge in [0.05, 0.1) is 0 Å². The highest BCUT2D eigenvalue weighted by Gasteiger charge is 2.12. The molecule has 0 heterocycles. The molecule has 0 fully saturated rings. The Morgan fingerprint density at radius 3 is 2.19 bits per heavy atom. The quantitative estimate of drug-likeness (QED) is 0.826. The summed E-state index contributed by atoms with van der Waals surface area (Å²) in [6.07, 6.45) is 2.33. The predicted molar refractivity (Wildman–Crippen MR) is 72.1 cm³/mol. The van der Waals surface area contributed by atoms with E-state index in [1.54, 1.807) is 0 Å². The monoisotopic (exact) mass is 220 g/mol. The molecule has 90 valence electrons. The van der Waals surface area contributed by atoms with Crippen LogP contribution < -0.4 is 10.6 Å². The maximum absolute atomic E-state index is 5.83. The Balaban J connectivity index is 2.89. The van der Waals surface area contributed by atoms with Gasteiger partial charge in [-0.3, -0.25) is 0 Å². The number of rotatable bonds is 5. The van der Waals surface area contributed by atoms with Crippen molar-refractivity contribution in [3.63, 3.8) is 0 Å². The molecule has 2 heteroatoms. The van der Waals surface area contributed by atoms with Gasteiger partial charge in [0, 0.05) is 25.3 Å². The summed E-state index contributed by atoms with van der Waals surface area (Å²) in [6.45, 7) is 7.21. The van der Waals surface area contributed by atoms with Crippen LogP contribution in [0, 0.1) is 13.8 Å². The molecule has 0 bridgehead atoms. The first-order valence-electron chi connectivity index (χ1n) is 6.09. The molecule has 0 saturated carbocycles. The van der Waals surface area contributed by atoms with E-state index in [-0.39, 0.29) is 0 Å². The molecule has 16 heavy (non-hydrogen) atoms. The largest absolute Gasteiger partial charge is 0.370 e. The second-order valence-corrected chi connectivity index (χ2v) is 4.64. The fraction of sp³-hybridized carbons (Fsp3) is 0.571. The van der Waals surface area contributed by atoms with Crippen LogP contribution in [-0.2, 0) is 0 Å². The molecule has 0 aromatic heterocycles. The zero-order valence-electron chi connectivity index (χ0n) is 11.0. The number of anilines is 1. The van der Waals surface area contributed by atoms with Crippen LogP contribution in [0.15, 0.2) is 18.2 Å². The van der Waals surface area contributed by atoms with Gasteiger partial charge in [0.2, 0.25) is 0 Å². The Morgan fingerprint density at radius 2 is 1.75 bits per heavy atom. The molecule has 1 rings (SSSR count). The molecule has 0 amide bonds. The average molecular weight is 220 g/mol. The number of likely N-dealkylation sites (N-methyl/N-ethyl adjacent to an activating group) is 1. The molecule has 1 aromatic rings. The smallest absolute Gasteiger partial charge is 0.0409 e. The fourth-order valence-electron chi connectivity index (χ4n) is 2.17. The summed E-state index contributed by atoms with van der Waals surface area (Å²) in [5, 5.41) is 0. The normalized spacial score (nSPS) is 12.6. The summed E-state index contributed by atoms with van der Waals surface area (Å²) in [5.41, 5.74) is 9.74. The SMILES string of the molecule is CCCC(CN)N(C)c1cc(C)cc(C)c1. The fourth-order valence-corrected chi connectivity index (χ4v) is 2.17. The second kappa shape index (κ2) is 5.90. The maximum Gasteiger partial charge on any atom is 0.0409 e. The van der Waals surface area contributed by atoms with E-state index < -0.39 is 0 Å². The summed E-state index contributed by atoms with van der Waals surface area (Å²) in [6, 6.07) is 7.11. The van der Waals surface area contributed by atoms with Crippen LogP contribution in [0.1, 0.15) is 30.9 Å². The van der Waals surface area contributed by atoms with E-state index in [0.29, 0.717) is 6.04 Å². The van der Waals surface area contributed by atoms with E-state index in [1.807, 2.05) is 0 Å². The van der Waals surface area contributed by atoms with Crippen molar-refractivity contribution in [1.29, 1.82) is 0 Å². The molecule has 0 spiro atoms. The Hall–Kier alpha value is -1.02. The van der Waals surface area contributed by atoms with Gasteiger partial charge >= 0.3 is 0 Å². The summed E-state index contributed by atoms with van der Waals surface area (Å²) in [4.78, 5) is 2.31. The maximum atomic E-state index is 5.83. The molecule has 1 atom stereocenters. The Morgan fingerprint density at radius 1 is 1.19 bits per heavy atom. The third-order valence-electron chi connectivity index (χ3n) is 3.06. The van der Waals surface area contributed by atoms with E-state index in [1.165, 1.54) is 23.2 Å². The van der Waals surface area contributed by atoms with Crippen LogP contribution in [0.2, 0.25) is 0 Å². The minimum absolute atomic E-state index is 0.450. The number of nitrogens with two attached hydrogens (primary N) is 1. The van der Waals surface area contributed by atoms with E-state index in [0.717, 1.165) is 13.0 Å². The van der Waals surface area contributed by atoms with Gasteiger partial charge in [0.15, 0.2) is 0 Å². The molecule has 0 aliphatic rings. The van der Waals surface area contributed by atoms with Gasteiger partial charge in [-0.2, -0.15) is 0 Å². The molecular formula is C14H24N2. The molecule has 1 aromatic carbocycles. The van der Waals surface area contributed by atoms with Gasteiger partial charge in [0.25, 0.3) is 0 Å². The van der Waals surface area contributed by atoms with Crippen LogP contribution in [0.3, 0.4) is 0 Å². The average Bonchev–Trinajstić information content (AvgIpc) is 2.23. The lowest BCUT2D eigenvalue weighted by Gasteiger charge is -2.29. The van der Waals surface area contributed by atoms with Crippen molar-refractivity contribution in [2.75, 3.05) is 18.5 Å². The van der Waals surface area contributed by atoms with Crippen molar-refractivity contribution in [2.24, 2.45) is 5.73 Å². The van der Waals surface area contributed by atoms with Crippen molar-refractivity contribution < 1.29 is 0 Å². The van der Waals surface area contributed by atoms with Gasteiger partial charge in [-0.25, -0.2) is 0 Å². The van der Waals surface area contributed by atoms with Gasteiger partial charge in [0.1, 0.15) is 0 Å². The lowest BCUT2D eigenvalue weighted by molar-refractivity contribution is 0.580. The van der Waals surface area contributed by atoms with Crippen LogP contribution in [-0.4, -0.2) is 19.6 Å². The Bertz CT molecular complexity index is 313. The van der Waals surface area contributed by atoms with Gasteiger partial charge < -0.3 is 10.6 Å². The molecule has 2 nitrogen and oxygen atoms in total. The van der Waals surface area contributed by atoms with Crippen molar-refractivity contribution in [3.05, 3.63) is 29.3 Å². The number of nitrogens with zero attached hydrogens (tertiary/aromatic N) is 1. The van der Waals surface area contributed by atoms with E-state index in [9.17, 15) is 0 Å². The highest BCUT2D eigenvalue weighted by molar-refractivity contribution is 5.51. The molecule has 0 saturated heterocycles. The molecule has 0 aliphatic carbocycles. The third-order valence-corrected chi connectivity index (χ3v) is 3.06. The van der Waals surface area contributed by atoms with Crippen molar-refractivity contribution in [1.82, 2.24) is 0 Å². The second-order valence-electron chi connectivity index (χ2n) is 4.64. The summed E-state index contributed by atoms with van der Waals surface area (Å²) >= 11 is 0. The summed E-state index contributed by atoms with van der Waals surface area (Å²) in [5.74, 6) is 0. The number of hydrogen-bond donors (Lipinski definition) is 1. The van der Waals surface area contributed by atoms with Crippen LogP contribution in [0.25, 0.3) is 0 Å². The highest BCUT2D eigenvalue weighted by Crippen LogP contribution is 2.20. The topological polar surface area (TPSA) is 29.3 Å². The third kappa shape index (κ3) is 3.24. The zero-order chi connectivity index (χ0) is 12.1. The number of aryl methyl sites for hydroxylation is 2. The Labute approximate surface area is 99.5 Å². The molecule has 0 radical (unpaired) electrons. The molecule has 1 unspecified atom stereocenters. The minimum atomic E-state index is 0.450. The van der Waals surface area contributed by atoms with Gasteiger partial charge in [-0.15, -0.1) is 0 Å². The predicted octanol–water partition coefficient (Wildman–Crippen LogP) is 2.87. The van der Waals surface area contributed by atoms with Crippen LogP contribution in [0.4, 0.5) is 5.69 Å². The van der Waals surface area contributed by atoms with E-state index >= 15 is 0 Å². The first-order chi connectivity index (χ1) is 7.58. The van der Waals surface area contributed by atoms with Gasteiger partial charge in [-0.1, -0.05) is 19.4 Å². The minimum Gasteiger partial charge on any atom is -0.370 e. The molecule has 2 N–H and O–H groups in total. The molecular weight excluding hydrogens is 196 g/mol. The van der Waals surface area contributed by atoms with Crippen molar-refractivity contribution >= 4 is 5.69 Å². The van der Waals surface area contributed by atoms with E-state index in [2.05, 4.69) is 50.9 Å². The lowest BCUT2D eigenvalue weighted by atomic mass is 10.1. The molecule has 0 aliphatic heterocycles. The lowest BCUT2D eigenvalue weighted by Crippen LogP contribution is -2.37. The summed E-state index contributed by atoms with van der Waals surface area (Å²) in [7, 11) is 2.14. The van der Waals surface area contributed by atoms with Crippen LogP contribution in [0.5, 0.6) is 0 Å². The highest BCUT2D eigenvalue weighted by atomic mass is 15.1. The Kier molecular flexibility index (Phi) is 4.81. The van der Waals surface area contributed by atoms with Crippen molar-refractivity contribution in [2.45, 2.75) is 39.7 Å². The van der Waals surface area contributed by atoms with Gasteiger partial charge in [-0.05, 0) is 43.5 Å². The first kappa shape index (κ1) is 13.0. The summed E-state index contributed by atoms with van der Waals surface area (Å²) < 4.78 is 0. The van der Waals surface area contributed by atoms with Crippen molar-refractivity contribution in [3.8, 4) is 0 Å².